The van der Waals surface area contributed by atoms with Gasteiger partial charge in [0.15, 0.2) is 0 Å². The van der Waals surface area contributed by atoms with Gasteiger partial charge in [0.1, 0.15) is 5.82 Å². The summed E-state index contributed by atoms with van der Waals surface area (Å²) in [6.45, 7) is 0. The van der Waals surface area contributed by atoms with Crippen LogP contribution in [0.5, 0.6) is 0 Å². The molecular weight excluding hydrogens is 263 g/mol. The van der Waals surface area contributed by atoms with Crippen molar-refractivity contribution in [1.82, 2.24) is 9.97 Å². The van der Waals surface area contributed by atoms with Crippen LogP contribution in [0.2, 0.25) is 0 Å². The maximum atomic E-state index is 13.2. The molecule has 4 rings (SSSR count). The minimum atomic E-state index is -0.186. The summed E-state index contributed by atoms with van der Waals surface area (Å²) in [4.78, 5) is 7.46. The van der Waals surface area contributed by atoms with Crippen LogP contribution in [0, 0.1) is 5.82 Å². The molecule has 0 aliphatic heterocycles. The van der Waals surface area contributed by atoms with Gasteiger partial charge in [-0.2, -0.15) is 0 Å². The number of rotatable bonds is 2. The first-order valence-corrected chi connectivity index (χ1v) is 7.16. The van der Waals surface area contributed by atoms with Crippen molar-refractivity contribution in [1.29, 1.82) is 0 Å². The second-order valence-electron chi connectivity index (χ2n) is 5.52. The summed E-state index contributed by atoms with van der Waals surface area (Å²) >= 11 is 0. The Bertz CT molecular complexity index is 747. The van der Waals surface area contributed by atoms with E-state index in [-0.39, 0.29) is 5.82 Å². The van der Waals surface area contributed by atoms with Crippen molar-refractivity contribution < 1.29 is 4.39 Å². The van der Waals surface area contributed by atoms with Crippen LogP contribution in [0.3, 0.4) is 0 Å². The van der Waals surface area contributed by atoms with Crippen molar-refractivity contribution in [3.05, 3.63) is 89.3 Å². The molecule has 0 fully saturated rings. The molecule has 1 aliphatic rings. The Morgan fingerprint density at radius 3 is 2.33 bits per heavy atom. The van der Waals surface area contributed by atoms with Gasteiger partial charge in [-0.05, 0) is 35.2 Å². The van der Waals surface area contributed by atoms with E-state index >= 15 is 0 Å². The third-order valence-electron chi connectivity index (χ3n) is 4.37. The lowest BCUT2D eigenvalue weighted by Gasteiger charge is -2.12. The highest BCUT2D eigenvalue weighted by molar-refractivity contribution is 5.47. The average molecular weight is 278 g/mol. The molecule has 2 nitrogen and oxygen atoms in total. The summed E-state index contributed by atoms with van der Waals surface area (Å²) in [7, 11) is 0. The molecule has 1 heterocycles. The highest BCUT2D eigenvalue weighted by Gasteiger charge is 2.33. The molecule has 0 saturated carbocycles. The van der Waals surface area contributed by atoms with Gasteiger partial charge in [0.2, 0.25) is 0 Å². The van der Waals surface area contributed by atoms with Gasteiger partial charge in [-0.1, -0.05) is 36.4 Å². The Labute approximate surface area is 122 Å². The van der Waals surface area contributed by atoms with Gasteiger partial charge in [-0.25, -0.2) is 9.37 Å². The van der Waals surface area contributed by atoms with Crippen molar-refractivity contribution in [3.63, 3.8) is 0 Å². The van der Waals surface area contributed by atoms with E-state index in [9.17, 15) is 4.39 Å². The number of hydrogen-bond acceptors (Lipinski definition) is 1. The number of nitrogens with zero attached hydrogens (tertiary/aromatic N) is 1. The smallest absolute Gasteiger partial charge is 0.123 e. The van der Waals surface area contributed by atoms with E-state index in [4.69, 9.17) is 0 Å². The summed E-state index contributed by atoms with van der Waals surface area (Å²) in [5, 5.41) is 0. The maximum absolute atomic E-state index is 13.2. The zero-order valence-electron chi connectivity index (χ0n) is 11.5. The Morgan fingerprint density at radius 2 is 1.67 bits per heavy atom. The second-order valence-corrected chi connectivity index (χ2v) is 5.52. The van der Waals surface area contributed by atoms with E-state index in [1.807, 2.05) is 18.3 Å². The van der Waals surface area contributed by atoms with Crippen LogP contribution in [-0.2, 0) is 0 Å². The first-order chi connectivity index (χ1) is 10.3. The van der Waals surface area contributed by atoms with Crippen LogP contribution in [0.15, 0.2) is 61.1 Å². The van der Waals surface area contributed by atoms with Gasteiger partial charge in [0, 0.05) is 18.0 Å². The summed E-state index contributed by atoms with van der Waals surface area (Å²) in [5.74, 6) is 0.430. The Hall–Kier alpha value is -2.42. The SMILES string of the molecule is Fc1ccc(C2CC(c3c[nH]cn3)c3ccccc32)cc1. The molecule has 2 unspecified atom stereocenters. The number of imidazole rings is 1. The zero-order valence-corrected chi connectivity index (χ0v) is 11.5. The van der Waals surface area contributed by atoms with Gasteiger partial charge in [0.25, 0.3) is 0 Å². The molecule has 1 aliphatic carbocycles. The quantitative estimate of drug-likeness (QED) is 0.747. The molecule has 104 valence electrons. The van der Waals surface area contributed by atoms with Crippen molar-refractivity contribution in [2.75, 3.05) is 0 Å². The van der Waals surface area contributed by atoms with Gasteiger partial charge < -0.3 is 4.98 Å². The molecule has 0 radical (unpaired) electrons. The van der Waals surface area contributed by atoms with Crippen molar-refractivity contribution >= 4 is 0 Å². The van der Waals surface area contributed by atoms with Gasteiger partial charge in [-0.15, -0.1) is 0 Å². The molecule has 2 atom stereocenters. The zero-order chi connectivity index (χ0) is 14.2. The molecule has 21 heavy (non-hydrogen) atoms. The Kier molecular flexibility index (Phi) is 2.85. The van der Waals surface area contributed by atoms with Crippen LogP contribution in [0.25, 0.3) is 0 Å². The summed E-state index contributed by atoms with van der Waals surface area (Å²) in [6, 6.07) is 15.4. The number of nitrogens with one attached hydrogen (secondary N) is 1. The monoisotopic (exact) mass is 278 g/mol. The third-order valence-corrected chi connectivity index (χ3v) is 4.37. The number of H-pyrrole nitrogens is 1. The normalized spacial score (nSPS) is 20.4. The van der Waals surface area contributed by atoms with E-state index in [0.29, 0.717) is 11.8 Å². The number of fused-ring (bicyclic) bond motifs is 1. The number of benzene rings is 2. The lowest BCUT2D eigenvalue weighted by atomic mass is 9.92. The number of aromatic amines is 1. The number of halogens is 1. The highest BCUT2D eigenvalue weighted by Crippen LogP contribution is 2.47. The standard InChI is InChI=1S/C18H15FN2/c19-13-7-5-12(6-8-13)16-9-17(18-10-20-11-21-18)15-4-2-1-3-14(15)16/h1-8,10-11,16-17H,9H2,(H,20,21). The third kappa shape index (κ3) is 2.05. The Balaban J connectivity index is 1.79. The lowest BCUT2D eigenvalue weighted by molar-refractivity contribution is 0.625. The molecule has 1 aromatic heterocycles. The van der Waals surface area contributed by atoms with E-state index in [0.717, 1.165) is 12.1 Å². The number of hydrogen-bond donors (Lipinski definition) is 1. The first kappa shape index (κ1) is 12.3. The molecular formula is C18H15FN2. The second kappa shape index (κ2) is 4.85. The minimum absolute atomic E-state index is 0.186. The van der Waals surface area contributed by atoms with Crippen LogP contribution < -0.4 is 0 Å². The summed E-state index contributed by atoms with van der Waals surface area (Å²) < 4.78 is 13.2. The van der Waals surface area contributed by atoms with Gasteiger partial charge in [0.05, 0.1) is 12.0 Å². The van der Waals surface area contributed by atoms with E-state index < -0.39 is 0 Å². The largest absolute Gasteiger partial charge is 0.351 e. The Morgan fingerprint density at radius 1 is 0.952 bits per heavy atom. The van der Waals surface area contributed by atoms with Crippen LogP contribution in [0.1, 0.15) is 40.6 Å². The molecule has 0 bridgehead atoms. The summed E-state index contributed by atoms with van der Waals surface area (Å²) in [6.07, 6.45) is 4.67. The molecule has 2 aromatic carbocycles. The molecule has 0 spiro atoms. The van der Waals surface area contributed by atoms with Crippen LogP contribution in [0.4, 0.5) is 4.39 Å². The van der Waals surface area contributed by atoms with Gasteiger partial charge >= 0.3 is 0 Å². The predicted octanol–water partition coefficient (Wildman–Crippen LogP) is 4.22. The molecule has 3 aromatic rings. The number of aromatic nitrogens is 2. The molecule has 0 amide bonds. The highest BCUT2D eigenvalue weighted by atomic mass is 19.1. The van der Waals surface area contributed by atoms with E-state index in [2.05, 4.69) is 34.2 Å². The van der Waals surface area contributed by atoms with Crippen molar-refractivity contribution in [2.24, 2.45) is 0 Å². The first-order valence-electron chi connectivity index (χ1n) is 7.16. The average Bonchev–Trinajstić information content (AvgIpc) is 3.15. The minimum Gasteiger partial charge on any atom is -0.351 e. The maximum Gasteiger partial charge on any atom is 0.123 e. The van der Waals surface area contributed by atoms with Crippen LogP contribution in [-0.4, -0.2) is 9.97 Å². The summed E-state index contributed by atoms with van der Waals surface area (Å²) in [5.41, 5.74) is 4.91. The van der Waals surface area contributed by atoms with Crippen LogP contribution >= 0.6 is 0 Å². The fourth-order valence-corrected chi connectivity index (χ4v) is 3.39. The van der Waals surface area contributed by atoms with Gasteiger partial charge in [-0.3, -0.25) is 0 Å². The molecule has 1 N–H and O–H groups in total. The fourth-order valence-electron chi connectivity index (χ4n) is 3.39. The molecule has 0 saturated heterocycles. The fraction of sp³-hybridized carbons (Fsp3) is 0.167. The van der Waals surface area contributed by atoms with E-state index in [1.165, 1.54) is 16.7 Å². The predicted molar refractivity (Wildman–Crippen MR) is 79.7 cm³/mol. The van der Waals surface area contributed by atoms with Crippen molar-refractivity contribution in [3.8, 4) is 0 Å². The topological polar surface area (TPSA) is 28.7 Å². The molecule has 3 heteroatoms. The lowest BCUT2D eigenvalue weighted by Crippen LogP contribution is -1.98. The van der Waals surface area contributed by atoms with E-state index in [1.54, 1.807) is 18.5 Å². The van der Waals surface area contributed by atoms with Crippen molar-refractivity contribution in [2.45, 2.75) is 18.3 Å².